The minimum atomic E-state index is -0.142. The lowest BCUT2D eigenvalue weighted by Crippen LogP contribution is -2.21. The molecule has 0 amide bonds. The van der Waals surface area contributed by atoms with Crippen molar-refractivity contribution in [2.75, 3.05) is 0 Å². The predicted molar refractivity (Wildman–Crippen MR) is 193 cm³/mol. The van der Waals surface area contributed by atoms with Crippen molar-refractivity contribution in [3.63, 3.8) is 0 Å². The molecule has 4 heteroatoms. The van der Waals surface area contributed by atoms with Crippen LogP contribution in [-0.4, -0.2) is 9.97 Å². The van der Waals surface area contributed by atoms with Crippen LogP contribution in [0.4, 0.5) is 0 Å². The Kier molecular flexibility index (Phi) is 6.09. The summed E-state index contributed by atoms with van der Waals surface area (Å²) in [6, 6.07) is 37.5. The van der Waals surface area contributed by atoms with Gasteiger partial charge in [0.1, 0.15) is 0 Å². The molecule has 3 nitrogen and oxygen atoms in total. The van der Waals surface area contributed by atoms with Crippen LogP contribution in [0.1, 0.15) is 42.3 Å². The molecule has 7 aromatic rings. The highest BCUT2D eigenvalue weighted by atomic mass is 32.1. The van der Waals surface area contributed by atoms with Gasteiger partial charge in [0.05, 0.1) is 17.4 Å². The summed E-state index contributed by atoms with van der Waals surface area (Å²) in [6.45, 7) is 4.68. The van der Waals surface area contributed by atoms with Crippen LogP contribution >= 0.6 is 11.3 Å². The van der Waals surface area contributed by atoms with E-state index in [1.807, 2.05) is 41.9 Å². The van der Waals surface area contributed by atoms with Gasteiger partial charge in [-0.05, 0) is 62.9 Å². The molecule has 0 bridgehead atoms. The molecular formula is C42H31N3S. The molecule has 1 atom stereocenters. The molecule has 1 aliphatic heterocycles. The minimum absolute atomic E-state index is 0.0402. The number of nitrogens with zero attached hydrogens (tertiary/aromatic N) is 2. The molecule has 1 unspecified atom stereocenters. The largest absolute Gasteiger partial charge is 0.373 e. The highest BCUT2D eigenvalue weighted by Crippen LogP contribution is 2.55. The van der Waals surface area contributed by atoms with Crippen molar-refractivity contribution in [1.29, 1.82) is 0 Å². The van der Waals surface area contributed by atoms with Gasteiger partial charge in [-0.3, -0.25) is 9.97 Å². The Morgan fingerprint density at radius 1 is 0.674 bits per heavy atom. The summed E-state index contributed by atoms with van der Waals surface area (Å²) in [5.41, 5.74) is 12.1. The number of hydrogen-bond donors (Lipinski definition) is 1. The number of pyridine rings is 2. The van der Waals surface area contributed by atoms with Gasteiger partial charge in [0.25, 0.3) is 0 Å². The monoisotopic (exact) mass is 609 g/mol. The lowest BCUT2D eigenvalue weighted by atomic mass is 9.76. The molecule has 0 saturated carbocycles. The molecule has 0 spiro atoms. The molecule has 1 aliphatic carbocycles. The third-order valence-electron chi connectivity index (χ3n) is 9.73. The Morgan fingerprint density at radius 3 is 2.35 bits per heavy atom. The molecular weight excluding hydrogens is 579 g/mol. The second-order valence-corrected chi connectivity index (χ2v) is 13.7. The number of benzene rings is 4. The Balaban J connectivity index is 1.23. The normalized spacial score (nSPS) is 16.2. The van der Waals surface area contributed by atoms with Crippen LogP contribution < -0.4 is 5.32 Å². The molecule has 0 saturated heterocycles. The predicted octanol–water partition coefficient (Wildman–Crippen LogP) is 10.7. The van der Waals surface area contributed by atoms with Gasteiger partial charge < -0.3 is 5.32 Å². The second-order valence-electron chi connectivity index (χ2n) is 12.6. The first-order valence-electron chi connectivity index (χ1n) is 15.8. The SMILES string of the molecule is CC1(C)c2ccccc2-c2sc3c(-c4ccc(C5C=CC=C(c6ccccn6)N5)c5ccccc45)cccc3c2-c2cnccc21. The van der Waals surface area contributed by atoms with Crippen molar-refractivity contribution >= 4 is 37.9 Å². The van der Waals surface area contributed by atoms with Gasteiger partial charge in [0.2, 0.25) is 0 Å². The molecule has 46 heavy (non-hydrogen) atoms. The van der Waals surface area contributed by atoms with Crippen LogP contribution in [0, 0.1) is 0 Å². The maximum Gasteiger partial charge on any atom is 0.0861 e. The van der Waals surface area contributed by atoms with Gasteiger partial charge in [-0.1, -0.05) is 111 Å². The third-order valence-corrected chi connectivity index (χ3v) is 11.0. The Bertz CT molecular complexity index is 2380. The maximum absolute atomic E-state index is 4.64. The lowest BCUT2D eigenvalue weighted by Gasteiger charge is -2.28. The van der Waals surface area contributed by atoms with Crippen molar-refractivity contribution < 1.29 is 0 Å². The van der Waals surface area contributed by atoms with E-state index in [0.29, 0.717) is 0 Å². The first kappa shape index (κ1) is 27.0. The molecule has 1 N–H and O–H groups in total. The van der Waals surface area contributed by atoms with E-state index in [1.165, 1.54) is 70.2 Å². The van der Waals surface area contributed by atoms with Crippen LogP contribution in [0.15, 0.2) is 140 Å². The molecule has 220 valence electrons. The van der Waals surface area contributed by atoms with Crippen molar-refractivity contribution in [3.8, 4) is 32.7 Å². The summed E-state index contributed by atoms with van der Waals surface area (Å²) in [5, 5.41) is 7.53. The molecule has 2 aliphatic rings. The summed E-state index contributed by atoms with van der Waals surface area (Å²) in [6.07, 6.45) is 12.3. The average molecular weight is 610 g/mol. The fraction of sp³-hybridized carbons (Fsp3) is 0.0952. The van der Waals surface area contributed by atoms with Crippen LogP contribution in [0.25, 0.3) is 59.3 Å². The zero-order valence-electron chi connectivity index (χ0n) is 25.7. The van der Waals surface area contributed by atoms with Crippen molar-refractivity contribution in [2.45, 2.75) is 25.3 Å². The number of nitrogens with one attached hydrogen (secondary N) is 1. The van der Waals surface area contributed by atoms with E-state index in [9.17, 15) is 0 Å². The molecule has 9 rings (SSSR count). The van der Waals surface area contributed by atoms with E-state index in [0.717, 1.165) is 11.4 Å². The maximum atomic E-state index is 4.64. The van der Waals surface area contributed by atoms with E-state index in [2.05, 4.69) is 138 Å². The summed E-state index contributed by atoms with van der Waals surface area (Å²) < 4.78 is 1.31. The second kappa shape index (κ2) is 10.4. The summed E-state index contributed by atoms with van der Waals surface area (Å²) >= 11 is 1.91. The van der Waals surface area contributed by atoms with E-state index >= 15 is 0 Å². The van der Waals surface area contributed by atoms with Gasteiger partial charge in [-0.2, -0.15) is 0 Å². The van der Waals surface area contributed by atoms with Gasteiger partial charge in [-0.15, -0.1) is 11.3 Å². The minimum Gasteiger partial charge on any atom is -0.373 e. The van der Waals surface area contributed by atoms with E-state index < -0.39 is 0 Å². The van der Waals surface area contributed by atoms with E-state index in [-0.39, 0.29) is 11.5 Å². The number of fused-ring (bicyclic) bond motifs is 8. The van der Waals surface area contributed by atoms with Crippen molar-refractivity contribution in [1.82, 2.24) is 15.3 Å². The fourth-order valence-corrected chi connectivity index (χ4v) is 8.90. The van der Waals surface area contributed by atoms with Crippen LogP contribution in [-0.2, 0) is 5.41 Å². The number of hydrogen-bond acceptors (Lipinski definition) is 4. The van der Waals surface area contributed by atoms with Crippen LogP contribution in [0.3, 0.4) is 0 Å². The molecule has 4 aromatic carbocycles. The number of rotatable bonds is 3. The third kappa shape index (κ3) is 4.03. The molecule has 4 heterocycles. The fourth-order valence-electron chi connectivity index (χ4n) is 7.52. The smallest absolute Gasteiger partial charge is 0.0861 e. The Morgan fingerprint density at radius 2 is 1.46 bits per heavy atom. The number of thiophene rings is 1. The standard InChI is InChI=1S/C42H31N3S/c1-42(2)34-16-6-5-13-31(34)41-39(33-25-43-24-22-35(33)42)32-15-9-14-30(40(32)46-41)28-20-21-29(27-12-4-3-11-26(27)28)36-18-10-19-38(45-36)37-17-7-8-23-44-37/h3-25,36,45H,1-2H3. The van der Waals surface area contributed by atoms with E-state index in [1.54, 1.807) is 0 Å². The topological polar surface area (TPSA) is 37.8 Å². The van der Waals surface area contributed by atoms with Crippen LogP contribution in [0.2, 0.25) is 0 Å². The Hall–Kier alpha value is -5.32. The molecule has 3 aromatic heterocycles. The van der Waals surface area contributed by atoms with Crippen molar-refractivity contribution in [2.24, 2.45) is 0 Å². The average Bonchev–Trinajstić information content (AvgIpc) is 3.48. The number of allylic oxidation sites excluding steroid dienone is 2. The first-order valence-corrected chi connectivity index (χ1v) is 16.6. The van der Waals surface area contributed by atoms with Gasteiger partial charge in [-0.25, -0.2) is 0 Å². The number of aromatic nitrogens is 2. The van der Waals surface area contributed by atoms with Crippen molar-refractivity contribution in [3.05, 3.63) is 162 Å². The zero-order chi connectivity index (χ0) is 30.8. The summed E-state index contributed by atoms with van der Waals surface area (Å²) in [7, 11) is 0. The van der Waals surface area contributed by atoms with Gasteiger partial charge in [0, 0.05) is 55.7 Å². The van der Waals surface area contributed by atoms with Crippen LogP contribution in [0.5, 0.6) is 0 Å². The zero-order valence-corrected chi connectivity index (χ0v) is 26.5. The number of dihydropyridines is 1. The first-order chi connectivity index (χ1) is 22.6. The summed E-state index contributed by atoms with van der Waals surface area (Å²) in [4.78, 5) is 10.5. The Labute approximate surface area is 272 Å². The molecule has 0 radical (unpaired) electrons. The van der Waals surface area contributed by atoms with Gasteiger partial charge in [0.15, 0.2) is 0 Å². The van der Waals surface area contributed by atoms with E-state index in [4.69, 9.17) is 0 Å². The van der Waals surface area contributed by atoms with Gasteiger partial charge >= 0.3 is 0 Å². The highest BCUT2D eigenvalue weighted by molar-refractivity contribution is 7.23. The summed E-state index contributed by atoms with van der Waals surface area (Å²) in [5.74, 6) is 0. The lowest BCUT2D eigenvalue weighted by molar-refractivity contribution is 0.645. The highest BCUT2D eigenvalue weighted by Gasteiger charge is 2.35. The molecule has 0 fully saturated rings. The quantitative estimate of drug-likeness (QED) is 0.217.